The number of carbonyl (C=O) groups excluding carboxylic acids is 1. The van der Waals surface area contributed by atoms with Crippen LogP contribution in [0.3, 0.4) is 0 Å². The van der Waals surface area contributed by atoms with Crippen LogP contribution in [0.2, 0.25) is 0 Å². The van der Waals surface area contributed by atoms with Crippen molar-refractivity contribution in [1.82, 2.24) is 10.3 Å². The van der Waals surface area contributed by atoms with Gasteiger partial charge < -0.3 is 10.4 Å². The second-order valence-corrected chi connectivity index (χ2v) is 6.00. The highest BCUT2D eigenvalue weighted by molar-refractivity contribution is 7.11. The first-order valence-corrected chi connectivity index (χ1v) is 7.36. The Kier molecular flexibility index (Phi) is 4.35. The fourth-order valence-corrected chi connectivity index (χ4v) is 3.17. The van der Waals surface area contributed by atoms with E-state index in [4.69, 9.17) is 0 Å². The summed E-state index contributed by atoms with van der Waals surface area (Å²) >= 11 is 1.64. The van der Waals surface area contributed by atoms with Crippen LogP contribution in [-0.2, 0) is 11.2 Å². The highest BCUT2D eigenvalue weighted by atomic mass is 32.1. The average molecular weight is 268 g/mol. The molecule has 0 aliphatic heterocycles. The number of carbonyl (C=O) groups is 1. The molecule has 1 saturated carbocycles. The number of nitrogens with one attached hydrogen (secondary N) is 1. The summed E-state index contributed by atoms with van der Waals surface area (Å²) in [6, 6.07) is -0.0735. The predicted octanol–water partition coefficient (Wildman–Crippen LogP) is 2.04. The summed E-state index contributed by atoms with van der Waals surface area (Å²) in [6.45, 7) is 4.03. The van der Waals surface area contributed by atoms with Crippen molar-refractivity contribution in [1.29, 1.82) is 0 Å². The molecule has 0 saturated heterocycles. The quantitative estimate of drug-likeness (QED) is 0.878. The Morgan fingerprint density at radius 1 is 1.67 bits per heavy atom. The lowest BCUT2D eigenvalue weighted by Gasteiger charge is -2.17. The van der Waals surface area contributed by atoms with Crippen molar-refractivity contribution in [2.75, 3.05) is 0 Å². The van der Waals surface area contributed by atoms with E-state index in [1.807, 2.05) is 13.1 Å². The molecule has 1 aromatic rings. The minimum atomic E-state index is -0.473. The number of aryl methyl sites for hydroxylation is 1. The molecule has 18 heavy (non-hydrogen) atoms. The second-order valence-electron chi connectivity index (χ2n) is 4.85. The van der Waals surface area contributed by atoms with E-state index in [2.05, 4.69) is 17.2 Å². The molecule has 2 rings (SSSR count). The SMILES string of the molecule is CCc1cnc(C(C)NC(=O)C2CCCC2O)s1. The molecule has 1 aliphatic rings. The third-order valence-corrected chi connectivity index (χ3v) is 4.79. The van der Waals surface area contributed by atoms with Gasteiger partial charge >= 0.3 is 0 Å². The van der Waals surface area contributed by atoms with Gasteiger partial charge in [0.1, 0.15) is 5.01 Å². The maximum atomic E-state index is 12.0. The molecule has 3 atom stereocenters. The molecule has 0 radical (unpaired) electrons. The molecule has 1 aromatic heterocycles. The van der Waals surface area contributed by atoms with Crippen LogP contribution < -0.4 is 5.32 Å². The molecule has 0 aromatic carbocycles. The van der Waals surface area contributed by atoms with Gasteiger partial charge in [0.25, 0.3) is 0 Å². The van der Waals surface area contributed by atoms with Gasteiger partial charge in [-0.05, 0) is 32.6 Å². The first kappa shape index (κ1) is 13.5. The van der Waals surface area contributed by atoms with Crippen LogP contribution in [0.4, 0.5) is 0 Å². The van der Waals surface area contributed by atoms with Crippen LogP contribution in [-0.4, -0.2) is 22.1 Å². The van der Waals surface area contributed by atoms with Crippen LogP contribution in [0, 0.1) is 5.92 Å². The highest BCUT2D eigenvalue weighted by Gasteiger charge is 2.32. The Hall–Kier alpha value is -0.940. The van der Waals surface area contributed by atoms with Crippen molar-refractivity contribution in [2.45, 2.75) is 51.7 Å². The summed E-state index contributed by atoms with van der Waals surface area (Å²) in [5.41, 5.74) is 0. The third kappa shape index (κ3) is 2.90. The zero-order chi connectivity index (χ0) is 13.1. The standard InChI is InChI=1S/C13H20N2O2S/c1-3-9-7-14-13(18-9)8(2)15-12(17)10-5-4-6-11(10)16/h7-8,10-11,16H,3-6H2,1-2H3,(H,15,17). The zero-order valence-electron chi connectivity index (χ0n) is 10.8. The monoisotopic (exact) mass is 268 g/mol. The minimum Gasteiger partial charge on any atom is -0.392 e. The first-order valence-electron chi connectivity index (χ1n) is 6.54. The van der Waals surface area contributed by atoms with Crippen molar-refractivity contribution >= 4 is 17.2 Å². The molecule has 5 heteroatoms. The Labute approximate surface area is 111 Å². The number of aliphatic hydroxyl groups excluding tert-OH is 1. The number of thiazole rings is 1. The van der Waals surface area contributed by atoms with E-state index in [1.165, 1.54) is 4.88 Å². The van der Waals surface area contributed by atoms with Gasteiger partial charge in [0.2, 0.25) is 5.91 Å². The normalized spacial score (nSPS) is 25.1. The topological polar surface area (TPSA) is 62.2 Å². The molecule has 100 valence electrons. The Morgan fingerprint density at radius 3 is 3.00 bits per heavy atom. The van der Waals surface area contributed by atoms with E-state index in [0.29, 0.717) is 0 Å². The fraction of sp³-hybridized carbons (Fsp3) is 0.692. The van der Waals surface area contributed by atoms with Crippen molar-refractivity contribution < 1.29 is 9.90 Å². The number of rotatable bonds is 4. The Balaban J connectivity index is 1.94. The molecule has 0 spiro atoms. The van der Waals surface area contributed by atoms with Crippen LogP contribution >= 0.6 is 11.3 Å². The number of aromatic nitrogens is 1. The van der Waals surface area contributed by atoms with Crippen LogP contribution in [0.1, 0.15) is 49.0 Å². The number of aliphatic hydroxyl groups is 1. The number of amides is 1. The van der Waals surface area contributed by atoms with Gasteiger partial charge in [-0.25, -0.2) is 4.98 Å². The molecule has 2 N–H and O–H groups in total. The van der Waals surface area contributed by atoms with Gasteiger partial charge in [0.15, 0.2) is 0 Å². The Bertz CT molecular complexity index is 419. The molecule has 4 nitrogen and oxygen atoms in total. The molecular formula is C13H20N2O2S. The Morgan fingerprint density at radius 2 is 2.44 bits per heavy atom. The molecule has 1 amide bonds. The largest absolute Gasteiger partial charge is 0.392 e. The van der Waals surface area contributed by atoms with E-state index < -0.39 is 6.10 Å². The van der Waals surface area contributed by atoms with E-state index in [9.17, 15) is 9.90 Å². The van der Waals surface area contributed by atoms with E-state index in [1.54, 1.807) is 11.3 Å². The lowest BCUT2D eigenvalue weighted by molar-refractivity contribution is -0.128. The fourth-order valence-electron chi connectivity index (χ4n) is 2.31. The maximum Gasteiger partial charge on any atom is 0.226 e. The van der Waals surface area contributed by atoms with E-state index in [0.717, 1.165) is 30.7 Å². The lowest BCUT2D eigenvalue weighted by atomic mass is 10.1. The van der Waals surface area contributed by atoms with Crippen molar-refractivity contribution in [3.63, 3.8) is 0 Å². The van der Waals surface area contributed by atoms with E-state index >= 15 is 0 Å². The first-order chi connectivity index (χ1) is 8.61. The molecular weight excluding hydrogens is 248 g/mol. The second kappa shape index (κ2) is 5.80. The van der Waals surface area contributed by atoms with Gasteiger partial charge in [-0.3, -0.25) is 4.79 Å². The van der Waals surface area contributed by atoms with Crippen molar-refractivity contribution in [2.24, 2.45) is 5.92 Å². The van der Waals surface area contributed by atoms with Crippen LogP contribution in [0.25, 0.3) is 0 Å². The average Bonchev–Trinajstić information content (AvgIpc) is 2.96. The summed E-state index contributed by atoms with van der Waals surface area (Å²) in [4.78, 5) is 17.6. The molecule has 3 unspecified atom stereocenters. The van der Waals surface area contributed by atoms with E-state index in [-0.39, 0.29) is 17.9 Å². The van der Waals surface area contributed by atoms with Crippen molar-refractivity contribution in [3.8, 4) is 0 Å². The summed E-state index contributed by atoms with van der Waals surface area (Å²) < 4.78 is 0. The van der Waals surface area contributed by atoms with Crippen LogP contribution in [0.5, 0.6) is 0 Å². The van der Waals surface area contributed by atoms with Gasteiger partial charge in [-0.15, -0.1) is 11.3 Å². The summed E-state index contributed by atoms with van der Waals surface area (Å²) in [5.74, 6) is -0.279. The smallest absolute Gasteiger partial charge is 0.226 e. The van der Waals surface area contributed by atoms with Gasteiger partial charge in [0, 0.05) is 11.1 Å². The summed E-state index contributed by atoms with van der Waals surface area (Å²) in [7, 11) is 0. The van der Waals surface area contributed by atoms with Crippen molar-refractivity contribution in [3.05, 3.63) is 16.1 Å². The van der Waals surface area contributed by atoms with Gasteiger partial charge in [0.05, 0.1) is 18.1 Å². The molecule has 1 heterocycles. The summed E-state index contributed by atoms with van der Waals surface area (Å²) in [5, 5.41) is 13.6. The van der Waals surface area contributed by atoms with Gasteiger partial charge in [-0.1, -0.05) is 6.92 Å². The van der Waals surface area contributed by atoms with Crippen LogP contribution in [0.15, 0.2) is 6.20 Å². The molecule has 1 fully saturated rings. The third-order valence-electron chi connectivity index (χ3n) is 3.47. The zero-order valence-corrected chi connectivity index (χ0v) is 11.7. The predicted molar refractivity (Wildman–Crippen MR) is 71.4 cm³/mol. The minimum absolute atomic E-state index is 0.0410. The molecule has 0 bridgehead atoms. The lowest BCUT2D eigenvalue weighted by Crippen LogP contribution is -2.36. The number of nitrogens with zero attached hydrogens (tertiary/aromatic N) is 1. The molecule has 1 aliphatic carbocycles. The number of hydrogen-bond acceptors (Lipinski definition) is 4. The highest BCUT2D eigenvalue weighted by Crippen LogP contribution is 2.27. The number of hydrogen-bond donors (Lipinski definition) is 2. The van der Waals surface area contributed by atoms with Gasteiger partial charge in [-0.2, -0.15) is 0 Å². The maximum absolute atomic E-state index is 12.0. The summed E-state index contributed by atoms with van der Waals surface area (Å²) in [6.07, 6.45) is 4.83.